The third-order valence-electron chi connectivity index (χ3n) is 2.66. The molecule has 0 aliphatic rings. The molecule has 0 saturated heterocycles. The van der Waals surface area contributed by atoms with Crippen LogP contribution in [0.15, 0.2) is 29.2 Å². The van der Waals surface area contributed by atoms with Crippen LogP contribution in [-0.2, 0) is 14.6 Å². The van der Waals surface area contributed by atoms with Crippen LogP contribution >= 0.6 is 0 Å². The van der Waals surface area contributed by atoms with Crippen LogP contribution < -0.4 is 5.73 Å². The molecular formula is C12H14N4O4S. The number of sulfone groups is 1. The lowest BCUT2D eigenvalue weighted by atomic mass is 10.3. The van der Waals surface area contributed by atoms with Gasteiger partial charge in [0.15, 0.2) is 15.7 Å². The van der Waals surface area contributed by atoms with Gasteiger partial charge in [-0.3, -0.25) is 0 Å². The van der Waals surface area contributed by atoms with Gasteiger partial charge in [-0.05, 0) is 25.1 Å². The molecule has 0 saturated carbocycles. The molecule has 21 heavy (non-hydrogen) atoms. The van der Waals surface area contributed by atoms with E-state index in [1.165, 1.54) is 16.8 Å². The summed E-state index contributed by atoms with van der Waals surface area (Å²) < 4.78 is 29.1. The zero-order chi connectivity index (χ0) is 15.6. The molecule has 0 aliphatic carbocycles. The first-order valence-electron chi connectivity index (χ1n) is 6.03. The smallest absolute Gasteiger partial charge is 0.362 e. The maximum Gasteiger partial charge on any atom is 0.362 e. The molecule has 0 unspecified atom stereocenters. The van der Waals surface area contributed by atoms with E-state index >= 15 is 0 Å². The minimum absolute atomic E-state index is 0.0147. The van der Waals surface area contributed by atoms with Gasteiger partial charge in [0.2, 0.25) is 5.69 Å². The second kappa shape index (κ2) is 5.52. The van der Waals surface area contributed by atoms with E-state index < -0.39 is 15.8 Å². The average Bonchev–Trinajstić information content (AvgIpc) is 2.80. The number of esters is 1. The van der Waals surface area contributed by atoms with Gasteiger partial charge in [0.1, 0.15) is 0 Å². The normalized spacial score (nSPS) is 11.3. The van der Waals surface area contributed by atoms with Crippen molar-refractivity contribution < 1.29 is 17.9 Å². The minimum atomic E-state index is -3.36. The van der Waals surface area contributed by atoms with E-state index in [1.54, 1.807) is 19.1 Å². The topological polar surface area (TPSA) is 117 Å². The van der Waals surface area contributed by atoms with E-state index in [4.69, 9.17) is 10.5 Å². The Labute approximate surface area is 121 Å². The summed E-state index contributed by atoms with van der Waals surface area (Å²) in [6, 6.07) is 6.01. The van der Waals surface area contributed by atoms with Crippen LogP contribution in [0.25, 0.3) is 5.69 Å². The Morgan fingerprint density at radius 1 is 1.43 bits per heavy atom. The Hall–Kier alpha value is -2.42. The fraction of sp³-hybridized carbons (Fsp3) is 0.250. The van der Waals surface area contributed by atoms with E-state index in [0.717, 1.165) is 6.26 Å². The summed E-state index contributed by atoms with van der Waals surface area (Å²) >= 11 is 0. The van der Waals surface area contributed by atoms with Gasteiger partial charge in [-0.2, -0.15) is 4.68 Å². The summed E-state index contributed by atoms with van der Waals surface area (Å²) in [7, 11) is -3.36. The molecule has 0 fully saturated rings. The number of carbonyl (C=O) groups is 1. The second-order valence-electron chi connectivity index (χ2n) is 4.23. The van der Waals surface area contributed by atoms with Crippen molar-refractivity contribution in [1.82, 2.24) is 15.0 Å². The first kappa shape index (κ1) is 15.0. The minimum Gasteiger partial charge on any atom is -0.461 e. The van der Waals surface area contributed by atoms with Crippen molar-refractivity contribution >= 4 is 21.6 Å². The molecule has 2 N–H and O–H groups in total. The number of nitrogen functional groups attached to an aromatic ring is 1. The summed E-state index contributed by atoms with van der Waals surface area (Å²) in [5, 5.41) is 7.42. The zero-order valence-corrected chi connectivity index (χ0v) is 12.3. The van der Waals surface area contributed by atoms with Crippen molar-refractivity contribution in [2.45, 2.75) is 11.8 Å². The van der Waals surface area contributed by atoms with Crippen LogP contribution in [0, 0.1) is 0 Å². The molecule has 0 amide bonds. The van der Waals surface area contributed by atoms with Gasteiger partial charge in [-0.25, -0.2) is 13.2 Å². The maximum absolute atomic E-state index is 11.6. The van der Waals surface area contributed by atoms with E-state index in [9.17, 15) is 13.2 Å². The van der Waals surface area contributed by atoms with Crippen molar-refractivity contribution in [2.24, 2.45) is 0 Å². The first-order chi connectivity index (χ1) is 9.84. The van der Waals surface area contributed by atoms with E-state index in [-0.39, 0.29) is 23.0 Å². The van der Waals surface area contributed by atoms with E-state index in [2.05, 4.69) is 10.3 Å². The number of nitrogens with two attached hydrogens (primary N) is 1. The Bertz CT molecular complexity index is 782. The molecule has 112 valence electrons. The molecular weight excluding hydrogens is 296 g/mol. The lowest BCUT2D eigenvalue weighted by Gasteiger charge is -2.05. The van der Waals surface area contributed by atoms with Gasteiger partial charge in [0.25, 0.3) is 0 Å². The molecule has 1 aromatic carbocycles. The molecule has 0 radical (unpaired) electrons. The number of benzene rings is 1. The van der Waals surface area contributed by atoms with Crippen molar-refractivity contribution in [1.29, 1.82) is 0 Å². The summed E-state index contributed by atoms with van der Waals surface area (Å²) in [4.78, 5) is 11.7. The van der Waals surface area contributed by atoms with Gasteiger partial charge in [0.05, 0.1) is 17.2 Å². The lowest BCUT2D eigenvalue weighted by Crippen LogP contribution is -2.09. The molecule has 0 atom stereocenters. The van der Waals surface area contributed by atoms with Gasteiger partial charge in [-0.1, -0.05) is 11.3 Å². The Balaban J connectivity index is 2.47. The van der Waals surface area contributed by atoms with Crippen molar-refractivity contribution in [2.75, 3.05) is 18.6 Å². The highest BCUT2D eigenvalue weighted by Gasteiger charge is 2.20. The highest BCUT2D eigenvalue weighted by molar-refractivity contribution is 7.90. The van der Waals surface area contributed by atoms with Gasteiger partial charge >= 0.3 is 5.97 Å². The molecule has 9 heteroatoms. The molecule has 2 aromatic rings. The summed E-state index contributed by atoms with van der Waals surface area (Å²) in [6.07, 6.45) is 1.10. The highest BCUT2D eigenvalue weighted by Crippen LogP contribution is 2.19. The number of hydrogen-bond acceptors (Lipinski definition) is 7. The second-order valence-corrected chi connectivity index (χ2v) is 6.24. The standard InChI is InChI=1S/C12H14N4O4S/c1-3-20-12(17)10-11(13)16(15-14-10)8-5-4-6-9(7-8)21(2,18)19/h4-7H,3,13H2,1-2H3. The number of ether oxygens (including phenoxy) is 1. The van der Waals surface area contributed by atoms with Crippen LogP contribution in [0.3, 0.4) is 0 Å². The summed E-state index contributed by atoms with van der Waals surface area (Å²) in [5.74, 6) is -0.695. The number of rotatable bonds is 4. The molecule has 0 aliphatic heterocycles. The average molecular weight is 310 g/mol. The monoisotopic (exact) mass is 310 g/mol. The van der Waals surface area contributed by atoms with Gasteiger partial charge < -0.3 is 10.5 Å². The summed E-state index contributed by atoms with van der Waals surface area (Å²) in [5.41, 5.74) is 6.09. The van der Waals surface area contributed by atoms with E-state index in [0.29, 0.717) is 5.69 Å². The van der Waals surface area contributed by atoms with Crippen molar-refractivity contribution in [3.05, 3.63) is 30.0 Å². The largest absolute Gasteiger partial charge is 0.461 e. The Morgan fingerprint density at radius 3 is 2.76 bits per heavy atom. The number of nitrogens with zero attached hydrogens (tertiary/aromatic N) is 3. The van der Waals surface area contributed by atoms with Crippen LogP contribution in [0.5, 0.6) is 0 Å². The Morgan fingerprint density at radius 2 is 2.14 bits per heavy atom. The summed E-state index contributed by atoms with van der Waals surface area (Å²) in [6.45, 7) is 1.85. The molecule has 2 rings (SSSR count). The third-order valence-corrected chi connectivity index (χ3v) is 3.77. The van der Waals surface area contributed by atoms with Crippen LogP contribution in [-0.4, -0.2) is 42.2 Å². The molecule has 0 bridgehead atoms. The Kier molecular flexibility index (Phi) is 3.94. The van der Waals surface area contributed by atoms with Gasteiger partial charge in [0, 0.05) is 6.26 Å². The third kappa shape index (κ3) is 3.02. The number of carbonyl (C=O) groups excluding carboxylic acids is 1. The fourth-order valence-electron chi connectivity index (χ4n) is 1.67. The fourth-order valence-corrected chi connectivity index (χ4v) is 2.33. The lowest BCUT2D eigenvalue weighted by molar-refractivity contribution is 0.0520. The molecule has 0 spiro atoms. The van der Waals surface area contributed by atoms with Gasteiger partial charge in [-0.15, -0.1) is 5.10 Å². The van der Waals surface area contributed by atoms with Crippen LogP contribution in [0.4, 0.5) is 5.82 Å². The first-order valence-corrected chi connectivity index (χ1v) is 7.92. The quantitative estimate of drug-likeness (QED) is 0.814. The SMILES string of the molecule is CCOC(=O)c1nnn(-c2cccc(S(C)(=O)=O)c2)c1N. The van der Waals surface area contributed by atoms with Crippen molar-refractivity contribution in [3.63, 3.8) is 0 Å². The van der Waals surface area contributed by atoms with Crippen LogP contribution in [0.2, 0.25) is 0 Å². The molecule has 8 nitrogen and oxygen atoms in total. The number of aromatic nitrogens is 3. The maximum atomic E-state index is 11.6. The predicted octanol–water partition coefficient (Wildman–Crippen LogP) is 0.430. The predicted molar refractivity (Wildman–Crippen MR) is 74.8 cm³/mol. The number of hydrogen-bond donors (Lipinski definition) is 1. The number of anilines is 1. The van der Waals surface area contributed by atoms with E-state index in [1.807, 2.05) is 0 Å². The van der Waals surface area contributed by atoms with Crippen molar-refractivity contribution in [3.8, 4) is 5.69 Å². The van der Waals surface area contributed by atoms with Crippen LogP contribution in [0.1, 0.15) is 17.4 Å². The zero-order valence-electron chi connectivity index (χ0n) is 11.5. The molecule has 1 aromatic heterocycles. The molecule has 1 heterocycles. The highest BCUT2D eigenvalue weighted by atomic mass is 32.2.